The average molecular weight is 360 g/mol. The molecular weight excluding hydrogens is 344 g/mol. The summed E-state index contributed by atoms with van der Waals surface area (Å²) in [6, 6.07) is 9.25. The maximum Gasteiger partial charge on any atom is 0.292 e. The minimum Gasteiger partial charge on any atom is -0.336 e. The normalized spacial score (nSPS) is 18.8. The molecule has 4 rings (SSSR count). The van der Waals surface area contributed by atoms with Crippen LogP contribution in [0.1, 0.15) is 12.5 Å². The second-order valence-electron chi connectivity index (χ2n) is 5.71. The molecule has 1 fully saturated rings. The van der Waals surface area contributed by atoms with Gasteiger partial charge in [-0.25, -0.2) is 13.4 Å². The van der Waals surface area contributed by atoms with Crippen LogP contribution in [0.15, 0.2) is 52.5 Å². The molecule has 0 atom stereocenters. The second kappa shape index (κ2) is 5.62. The summed E-state index contributed by atoms with van der Waals surface area (Å²) in [4.78, 5) is 18.3. The van der Waals surface area contributed by atoms with Gasteiger partial charge in [0.05, 0.1) is 23.8 Å². The number of hydrogen-bond donors (Lipinski definition) is 0. The number of aromatic nitrogens is 1. The first-order valence-electron chi connectivity index (χ1n) is 7.91. The summed E-state index contributed by atoms with van der Waals surface area (Å²) >= 11 is 0. The smallest absolute Gasteiger partial charge is 0.292 e. The molecule has 2 aliphatic rings. The summed E-state index contributed by atoms with van der Waals surface area (Å²) < 4.78 is 36.9. The van der Waals surface area contributed by atoms with E-state index in [9.17, 15) is 13.2 Å². The number of likely N-dealkylation sites (N-methyl/N-ethyl adjacent to an activating group) is 1. The predicted molar refractivity (Wildman–Crippen MR) is 87.7 cm³/mol. The minimum absolute atomic E-state index is 0.0473. The quantitative estimate of drug-likeness (QED) is 0.824. The van der Waals surface area contributed by atoms with E-state index in [1.165, 1.54) is 29.3 Å². The molecule has 3 heterocycles. The summed E-state index contributed by atoms with van der Waals surface area (Å²) in [6.07, 6.45) is 1.42. The van der Waals surface area contributed by atoms with Crippen molar-refractivity contribution in [2.75, 3.05) is 24.7 Å². The Balaban J connectivity index is 1.88. The lowest BCUT2D eigenvalue weighted by Gasteiger charge is -2.21. The van der Waals surface area contributed by atoms with E-state index < -0.39 is 15.6 Å². The van der Waals surface area contributed by atoms with E-state index in [1.807, 2.05) is 6.92 Å². The van der Waals surface area contributed by atoms with Crippen molar-refractivity contribution in [1.82, 2.24) is 4.98 Å². The maximum atomic E-state index is 12.8. The summed E-state index contributed by atoms with van der Waals surface area (Å²) in [7, 11) is -3.80. The highest BCUT2D eigenvalue weighted by molar-refractivity contribution is 7.91. The number of pyridine rings is 1. The number of amides is 1. The first kappa shape index (κ1) is 16.2. The highest BCUT2D eigenvalue weighted by atomic mass is 32.2. The van der Waals surface area contributed by atoms with Crippen LogP contribution in [0.4, 0.5) is 5.69 Å². The van der Waals surface area contributed by atoms with Gasteiger partial charge in [-0.3, -0.25) is 4.79 Å². The van der Waals surface area contributed by atoms with E-state index in [4.69, 9.17) is 9.47 Å². The van der Waals surface area contributed by atoms with Crippen LogP contribution in [-0.4, -0.2) is 39.1 Å². The molecule has 1 aromatic carbocycles. The van der Waals surface area contributed by atoms with Crippen LogP contribution in [0.2, 0.25) is 0 Å². The average Bonchev–Trinajstić information content (AvgIpc) is 3.21. The standard InChI is InChI=1S/C17H16N2O5S/c1-2-19-14-7-6-12(25(21,22)15-5-3-4-8-18-15)11-13(14)17(16(19)20)23-9-10-24-17/h3-8,11H,2,9-10H2,1H3. The fraction of sp³-hybridized carbons (Fsp3) is 0.294. The van der Waals surface area contributed by atoms with Crippen molar-refractivity contribution in [3.05, 3.63) is 48.2 Å². The number of sulfone groups is 1. The number of nitrogens with zero attached hydrogens (tertiary/aromatic N) is 2. The van der Waals surface area contributed by atoms with Crippen molar-refractivity contribution in [1.29, 1.82) is 0 Å². The van der Waals surface area contributed by atoms with E-state index in [1.54, 1.807) is 18.2 Å². The van der Waals surface area contributed by atoms with Gasteiger partial charge in [-0.1, -0.05) is 6.07 Å². The third kappa shape index (κ3) is 2.21. The molecule has 0 bridgehead atoms. The van der Waals surface area contributed by atoms with Crippen LogP contribution < -0.4 is 4.90 Å². The minimum atomic E-state index is -3.80. The predicted octanol–water partition coefficient (Wildman–Crippen LogP) is 1.48. The summed E-state index contributed by atoms with van der Waals surface area (Å²) in [5.74, 6) is -1.86. The van der Waals surface area contributed by atoms with Crippen molar-refractivity contribution in [2.45, 2.75) is 22.6 Å². The fourth-order valence-electron chi connectivity index (χ4n) is 3.22. The van der Waals surface area contributed by atoms with Gasteiger partial charge < -0.3 is 14.4 Å². The zero-order valence-corrected chi connectivity index (χ0v) is 14.3. The Bertz CT molecular complexity index is 937. The molecule has 1 saturated heterocycles. The molecule has 0 aliphatic carbocycles. The van der Waals surface area contributed by atoms with E-state index >= 15 is 0 Å². The van der Waals surface area contributed by atoms with Crippen LogP contribution >= 0.6 is 0 Å². The van der Waals surface area contributed by atoms with Gasteiger partial charge in [0.1, 0.15) is 0 Å². The monoisotopic (exact) mass is 360 g/mol. The van der Waals surface area contributed by atoms with Crippen LogP contribution in [0, 0.1) is 0 Å². The first-order valence-corrected chi connectivity index (χ1v) is 9.39. The zero-order chi connectivity index (χ0) is 17.7. The van der Waals surface area contributed by atoms with Gasteiger partial charge >= 0.3 is 0 Å². The highest BCUT2D eigenvalue weighted by Crippen LogP contribution is 2.46. The van der Waals surface area contributed by atoms with Gasteiger partial charge in [0.25, 0.3) is 11.7 Å². The molecule has 0 radical (unpaired) electrons. The molecule has 0 unspecified atom stereocenters. The lowest BCUT2D eigenvalue weighted by molar-refractivity contribution is -0.180. The number of carbonyl (C=O) groups excluding carboxylic acids is 1. The Hall–Kier alpha value is -2.29. The van der Waals surface area contributed by atoms with E-state index in [0.29, 0.717) is 17.8 Å². The number of benzene rings is 1. The first-order chi connectivity index (χ1) is 12.0. The molecule has 25 heavy (non-hydrogen) atoms. The molecule has 7 nitrogen and oxygen atoms in total. The van der Waals surface area contributed by atoms with Crippen molar-refractivity contribution in [3.8, 4) is 0 Å². The Morgan fingerprint density at radius 1 is 1.20 bits per heavy atom. The molecule has 8 heteroatoms. The van der Waals surface area contributed by atoms with Crippen molar-refractivity contribution < 1.29 is 22.7 Å². The SMILES string of the molecule is CCN1C(=O)C2(OCCO2)c2cc(S(=O)(=O)c3ccccn3)ccc21. The molecule has 2 aliphatic heterocycles. The summed E-state index contributed by atoms with van der Waals surface area (Å²) in [5.41, 5.74) is 1.03. The van der Waals surface area contributed by atoms with E-state index in [-0.39, 0.29) is 29.0 Å². The second-order valence-corrected chi connectivity index (χ2v) is 7.61. The lowest BCUT2D eigenvalue weighted by atomic mass is 10.1. The number of carbonyl (C=O) groups is 1. The van der Waals surface area contributed by atoms with Gasteiger partial charge in [0.15, 0.2) is 5.03 Å². The van der Waals surface area contributed by atoms with Crippen molar-refractivity contribution >= 4 is 21.4 Å². The summed E-state index contributed by atoms with van der Waals surface area (Å²) in [6.45, 7) is 2.83. The van der Waals surface area contributed by atoms with Crippen LogP contribution in [0.5, 0.6) is 0 Å². The van der Waals surface area contributed by atoms with Gasteiger partial charge in [-0.05, 0) is 37.3 Å². The Kier molecular flexibility index (Phi) is 3.64. The Morgan fingerprint density at radius 3 is 2.60 bits per heavy atom. The van der Waals surface area contributed by atoms with Crippen molar-refractivity contribution in [2.24, 2.45) is 0 Å². The van der Waals surface area contributed by atoms with Crippen LogP contribution in [0.3, 0.4) is 0 Å². The number of anilines is 1. The molecular formula is C17H16N2O5S. The van der Waals surface area contributed by atoms with Crippen LogP contribution in [-0.2, 0) is 29.9 Å². The fourth-order valence-corrected chi connectivity index (χ4v) is 4.43. The van der Waals surface area contributed by atoms with Gasteiger partial charge in [0, 0.05) is 18.3 Å². The molecule has 0 N–H and O–H groups in total. The Morgan fingerprint density at radius 2 is 1.96 bits per heavy atom. The molecule has 1 aromatic heterocycles. The van der Waals surface area contributed by atoms with E-state index in [2.05, 4.69) is 4.98 Å². The van der Waals surface area contributed by atoms with Gasteiger partial charge in [-0.15, -0.1) is 0 Å². The number of hydrogen-bond acceptors (Lipinski definition) is 6. The maximum absolute atomic E-state index is 12.8. The summed E-state index contributed by atoms with van der Waals surface area (Å²) in [5, 5.41) is -0.0473. The molecule has 2 aromatic rings. The van der Waals surface area contributed by atoms with E-state index in [0.717, 1.165) is 0 Å². The zero-order valence-electron chi connectivity index (χ0n) is 13.5. The Labute approximate surface area is 145 Å². The molecule has 0 saturated carbocycles. The van der Waals surface area contributed by atoms with Crippen LogP contribution in [0.25, 0.3) is 0 Å². The highest BCUT2D eigenvalue weighted by Gasteiger charge is 2.56. The number of ether oxygens (including phenoxy) is 2. The van der Waals surface area contributed by atoms with Gasteiger partial charge in [-0.2, -0.15) is 0 Å². The third-order valence-electron chi connectivity index (χ3n) is 4.37. The molecule has 1 spiro atoms. The molecule has 130 valence electrons. The topological polar surface area (TPSA) is 85.8 Å². The van der Waals surface area contributed by atoms with Crippen molar-refractivity contribution in [3.63, 3.8) is 0 Å². The van der Waals surface area contributed by atoms with Gasteiger partial charge in [0.2, 0.25) is 9.84 Å². The molecule has 1 amide bonds. The number of rotatable bonds is 3. The third-order valence-corrected chi connectivity index (χ3v) is 6.04. The lowest BCUT2D eigenvalue weighted by Crippen LogP contribution is -2.41. The largest absolute Gasteiger partial charge is 0.336 e. The number of fused-ring (bicyclic) bond motifs is 2.